The molecule has 4 rings (SSSR count). The maximum absolute atomic E-state index is 10.7. The van der Waals surface area contributed by atoms with Gasteiger partial charge >= 0.3 is 0 Å². The van der Waals surface area contributed by atoms with E-state index in [1.807, 2.05) is 23.8 Å². The Kier molecular flexibility index (Phi) is 7.75. The Morgan fingerprint density at radius 2 is 1.84 bits per heavy atom. The van der Waals surface area contributed by atoms with Gasteiger partial charge in [-0.05, 0) is 56.9 Å². The first-order valence-corrected chi connectivity index (χ1v) is 11.7. The highest BCUT2D eigenvalue weighted by Gasteiger charge is 2.42. The summed E-state index contributed by atoms with van der Waals surface area (Å²) in [6.07, 6.45) is 4.49. The summed E-state index contributed by atoms with van der Waals surface area (Å²) < 4.78 is 1.95. The topological polar surface area (TPSA) is 95.2 Å². The minimum atomic E-state index is -0.842. The second kappa shape index (κ2) is 10.7. The number of aromatic nitrogens is 3. The molecule has 1 aliphatic rings. The van der Waals surface area contributed by atoms with E-state index in [0.29, 0.717) is 23.8 Å². The van der Waals surface area contributed by atoms with E-state index in [0.717, 1.165) is 43.4 Å². The molecule has 2 aromatic heterocycles. The zero-order valence-electron chi connectivity index (χ0n) is 18.4. The number of rotatable bonds is 10. The lowest BCUT2D eigenvalue weighted by Gasteiger charge is -2.19. The van der Waals surface area contributed by atoms with Gasteiger partial charge in [-0.1, -0.05) is 41.9 Å². The van der Waals surface area contributed by atoms with Crippen molar-refractivity contribution in [1.29, 1.82) is 0 Å². The summed E-state index contributed by atoms with van der Waals surface area (Å²) in [4.78, 5) is 8.44. The fraction of sp³-hybridized carbons (Fsp3) is 0.500. The largest absolute Gasteiger partial charge is 0.390 e. The first-order chi connectivity index (χ1) is 15.6. The van der Waals surface area contributed by atoms with Crippen LogP contribution in [0.4, 0.5) is 0 Å². The molecule has 0 amide bonds. The van der Waals surface area contributed by atoms with E-state index in [1.165, 1.54) is 11.9 Å². The van der Waals surface area contributed by atoms with Crippen molar-refractivity contribution >= 4 is 22.6 Å². The maximum atomic E-state index is 10.7. The average molecular weight is 458 g/mol. The summed E-state index contributed by atoms with van der Waals surface area (Å²) in [6, 6.07) is 10.2. The number of hydrogen-bond donors (Lipinski definition) is 4. The fourth-order valence-corrected chi connectivity index (χ4v) is 4.96. The van der Waals surface area contributed by atoms with Crippen LogP contribution in [-0.4, -0.2) is 63.1 Å². The monoisotopic (exact) mass is 457 g/mol. The van der Waals surface area contributed by atoms with Crippen molar-refractivity contribution in [3.63, 3.8) is 0 Å². The Morgan fingerprint density at radius 3 is 2.66 bits per heavy atom. The Hall–Kier alpha value is -2.03. The fourth-order valence-electron chi connectivity index (χ4n) is 4.68. The van der Waals surface area contributed by atoms with E-state index in [2.05, 4.69) is 44.9 Å². The molecule has 7 nitrogen and oxygen atoms in total. The van der Waals surface area contributed by atoms with Gasteiger partial charge in [-0.25, -0.2) is 9.97 Å². The number of nitrogens with zero attached hydrogens (tertiary/aromatic N) is 3. The first-order valence-electron chi connectivity index (χ1n) is 11.4. The van der Waals surface area contributed by atoms with E-state index in [1.54, 1.807) is 0 Å². The van der Waals surface area contributed by atoms with E-state index >= 15 is 0 Å². The molecule has 8 heteroatoms. The summed E-state index contributed by atoms with van der Waals surface area (Å²) in [5.74, 6) is -0.0175. The number of benzene rings is 1. The van der Waals surface area contributed by atoms with E-state index < -0.39 is 12.2 Å². The number of aryl methyl sites for hydroxylation is 1. The molecule has 1 saturated carbocycles. The van der Waals surface area contributed by atoms with Gasteiger partial charge in [0.1, 0.15) is 23.2 Å². The Morgan fingerprint density at radius 1 is 1.06 bits per heavy atom. The quantitative estimate of drug-likeness (QED) is 0.276. The second-order valence-corrected chi connectivity index (χ2v) is 9.03. The number of fused-ring (bicyclic) bond motifs is 1. The van der Waals surface area contributed by atoms with Crippen LogP contribution in [0, 0.1) is 12.8 Å². The molecule has 1 unspecified atom stereocenters. The molecule has 4 N–H and O–H groups in total. The van der Waals surface area contributed by atoms with Crippen LogP contribution in [0.1, 0.15) is 30.0 Å². The molecule has 0 saturated heterocycles. The molecule has 1 aliphatic carbocycles. The highest BCUT2D eigenvalue weighted by molar-refractivity contribution is 6.34. The summed E-state index contributed by atoms with van der Waals surface area (Å²) in [6.45, 7) is 5.42. The number of aliphatic hydroxyl groups is 2. The molecule has 1 fully saturated rings. The molecule has 2 heterocycles. The van der Waals surface area contributed by atoms with Gasteiger partial charge in [0.25, 0.3) is 0 Å². The van der Waals surface area contributed by atoms with E-state index in [9.17, 15) is 10.2 Å². The molecular weight excluding hydrogens is 426 g/mol. The number of hydrogen-bond acceptors (Lipinski definition) is 6. The van der Waals surface area contributed by atoms with Crippen molar-refractivity contribution in [3.8, 4) is 0 Å². The van der Waals surface area contributed by atoms with Crippen LogP contribution in [-0.2, 0) is 6.42 Å². The second-order valence-electron chi connectivity index (χ2n) is 8.67. The van der Waals surface area contributed by atoms with Crippen LogP contribution in [0.25, 0.3) is 11.0 Å². The van der Waals surface area contributed by atoms with Crippen LogP contribution in [0.15, 0.2) is 42.9 Å². The van der Waals surface area contributed by atoms with Crippen molar-refractivity contribution in [2.45, 2.75) is 44.4 Å². The van der Waals surface area contributed by atoms with Crippen molar-refractivity contribution in [1.82, 2.24) is 25.2 Å². The summed E-state index contributed by atoms with van der Waals surface area (Å²) >= 11 is 6.25. The molecule has 32 heavy (non-hydrogen) atoms. The highest BCUT2D eigenvalue weighted by Crippen LogP contribution is 2.38. The minimum Gasteiger partial charge on any atom is -0.390 e. The van der Waals surface area contributed by atoms with Crippen LogP contribution < -0.4 is 10.6 Å². The third kappa shape index (κ3) is 5.13. The van der Waals surface area contributed by atoms with Gasteiger partial charge in [-0.3, -0.25) is 0 Å². The van der Waals surface area contributed by atoms with Gasteiger partial charge in [-0.15, -0.1) is 0 Å². The molecule has 0 spiro atoms. The Balaban J connectivity index is 1.22. The lowest BCUT2D eigenvalue weighted by atomic mass is 10.1. The lowest BCUT2D eigenvalue weighted by molar-refractivity contribution is 0.00693. The standard InChI is InChI=1S/C24H32ClN5O2/c1-16-14-30(24-20(16)23(25)28-15-29-24)19-12-18(21(31)22(19)32)13-27-10-5-9-26-11-8-17-6-3-2-4-7-17/h2-4,6-7,14-15,18-19,21-22,26-27,31-32H,5,8-13H2,1H3/t18?,19-,21-,22+/m1/s1. The minimum absolute atomic E-state index is 0.0175. The molecule has 0 radical (unpaired) electrons. The van der Waals surface area contributed by atoms with Crippen molar-refractivity contribution in [3.05, 3.63) is 59.1 Å². The van der Waals surface area contributed by atoms with Crippen LogP contribution in [0.5, 0.6) is 0 Å². The van der Waals surface area contributed by atoms with Crippen LogP contribution >= 0.6 is 11.6 Å². The number of aliphatic hydroxyl groups excluding tert-OH is 2. The third-order valence-electron chi connectivity index (χ3n) is 6.43. The predicted octanol–water partition coefficient (Wildman–Crippen LogP) is 2.49. The zero-order chi connectivity index (χ0) is 22.5. The van der Waals surface area contributed by atoms with Gasteiger partial charge < -0.3 is 25.4 Å². The number of halogens is 1. The molecule has 0 bridgehead atoms. The molecule has 1 aromatic carbocycles. The predicted molar refractivity (Wildman–Crippen MR) is 127 cm³/mol. The van der Waals surface area contributed by atoms with Gasteiger partial charge in [0.2, 0.25) is 0 Å². The van der Waals surface area contributed by atoms with E-state index in [4.69, 9.17) is 11.6 Å². The number of nitrogens with one attached hydrogen (secondary N) is 2. The molecule has 0 aliphatic heterocycles. The van der Waals surface area contributed by atoms with Crippen molar-refractivity contribution < 1.29 is 10.2 Å². The highest BCUT2D eigenvalue weighted by atomic mass is 35.5. The van der Waals surface area contributed by atoms with E-state index in [-0.39, 0.29) is 12.0 Å². The summed E-state index contributed by atoms with van der Waals surface area (Å²) in [5, 5.41) is 29.5. The smallest absolute Gasteiger partial charge is 0.145 e. The molecule has 3 aromatic rings. The Labute approximate surface area is 193 Å². The SMILES string of the molecule is Cc1cn([C@@H]2CC(CNCCCNCCc3ccccc3)[C@@H](O)[C@H]2O)c2ncnc(Cl)c12. The van der Waals surface area contributed by atoms with Crippen molar-refractivity contribution in [2.75, 3.05) is 26.2 Å². The molecular formula is C24H32ClN5O2. The molecule has 172 valence electrons. The average Bonchev–Trinajstić information content (AvgIpc) is 3.28. The Bertz CT molecular complexity index is 1010. The maximum Gasteiger partial charge on any atom is 0.145 e. The lowest BCUT2D eigenvalue weighted by Crippen LogP contribution is -2.34. The summed E-state index contributed by atoms with van der Waals surface area (Å²) in [7, 11) is 0. The van der Waals surface area contributed by atoms with Gasteiger partial charge in [0.05, 0.1) is 17.5 Å². The van der Waals surface area contributed by atoms with Gasteiger partial charge in [-0.2, -0.15) is 0 Å². The normalized spacial score (nSPS) is 23.2. The third-order valence-corrected chi connectivity index (χ3v) is 6.71. The van der Waals surface area contributed by atoms with Crippen molar-refractivity contribution in [2.24, 2.45) is 5.92 Å². The first kappa shape index (κ1) is 23.1. The van der Waals surface area contributed by atoms with Crippen LogP contribution in [0.3, 0.4) is 0 Å². The van der Waals surface area contributed by atoms with Gasteiger partial charge in [0.15, 0.2) is 0 Å². The van der Waals surface area contributed by atoms with Crippen LogP contribution in [0.2, 0.25) is 5.15 Å². The van der Waals surface area contributed by atoms with Gasteiger partial charge in [0, 0.05) is 18.7 Å². The summed E-state index contributed by atoms with van der Waals surface area (Å²) in [5.41, 5.74) is 3.02. The molecule has 4 atom stereocenters. The zero-order valence-corrected chi connectivity index (χ0v) is 19.2.